The molecule has 0 unspecified atom stereocenters. The summed E-state index contributed by atoms with van der Waals surface area (Å²) < 4.78 is 4.92. The molecule has 3 aromatic rings. The Labute approximate surface area is 171 Å². The minimum Gasteiger partial charge on any atom is -0.467 e. The molecule has 0 heterocycles. The molecule has 29 heavy (non-hydrogen) atoms. The van der Waals surface area contributed by atoms with E-state index in [1.165, 1.54) is 7.11 Å². The summed E-state index contributed by atoms with van der Waals surface area (Å²) in [5.74, 6) is -0.750. The SMILES string of the molecule is COC(=O)[C@@H](Cc1ccc2ccccc2c1)NC(=O)c1ccc(C(C)(C)C)cc1. The van der Waals surface area contributed by atoms with Gasteiger partial charge in [-0.25, -0.2) is 4.79 Å². The van der Waals surface area contributed by atoms with Gasteiger partial charge in [-0.15, -0.1) is 0 Å². The van der Waals surface area contributed by atoms with E-state index in [1.807, 2.05) is 54.6 Å². The van der Waals surface area contributed by atoms with Gasteiger partial charge in [0.2, 0.25) is 0 Å². The van der Waals surface area contributed by atoms with Crippen LogP contribution >= 0.6 is 0 Å². The monoisotopic (exact) mass is 389 g/mol. The normalized spacial score (nSPS) is 12.4. The number of carbonyl (C=O) groups excluding carboxylic acids is 2. The van der Waals surface area contributed by atoms with Gasteiger partial charge in [-0.1, -0.05) is 75.4 Å². The zero-order chi connectivity index (χ0) is 21.0. The molecule has 3 aromatic carbocycles. The van der Waals surface area contributed by atoms with Crippen molar-refractivity contribution in [1.82, 2.24) is 5.32 Å². The van der Waals surface area contributed by atoms with Gasteiger partial charge in [0.15, 0.2) is 0 Å². The number of hydrogen-bond donors (Lipinski definition) is 1. The molecule has 1 N–H and O–H groups in total. The Balaban J connectivity index is 1.77. The Morgan fingerprint density at radius 2 is 1.59 bits per heavy atom. The van der Waals surface area contributed by atoms with Crippen molar-refractivity contribution < 1.29 is 14.3 Å². The van der Waals surface area contributed by atoms with Gasteiger partial charge in [-0.2, -0.15) is 0 Å². The van der Waals surface area contributed by atoms with Crippen LogP contribution in [0.2, 0.25) is 0 Å². The maximum atomic E-state index is 12.7. The molecule has 0 saturated carbocycles. The van der Waals surface area contributed by atoms with Crippen LogP contribution in [0.15, 0.2) is 66.7 Å². The molecule has 0 saturated heterocycles. The van der Waals surface area contributed by atoms with E-state index in [2.05, 4.69) is 26.1 Å². The fourth-order valence-corrected chi connectivity index (χ4v) is 3.30. The molecule has 4 nitrogen and oxygen atoms in total. The number of carbonyl (C=O) groups is 2. The third-order valence-corrected chi connectivity index (χ3v) is 5.06. The number of methoxy groups -OCH3 is 1. The smallest absolute Gasteiger partial charge is 0.328 e. The molecule has 4 heteroatoms. The lowest BCUT2D eigenvalue weighted by Crippen LogP contribution is -2.43. The molecule has 0 aliphatic rings. The Bertz CT molecular complexity index is 1020. The minimum atomic E-state index is -0.754. The largest absolute Gasteiger partial charge is 0.467 e. The van der Waals surface area contributed by atoms with Crippen molar-refractivity contribution in [2.75, 3.05) is 7.11 Å². The molecule has 0 radical (unpaired) electrons. The van der Waals surface area contributed by atoms with Crippen molar-refractivity contribution >= 4 is 22.6 Å². The summed E-state index contributed by atoms with van der Waals surface area (Å²) in [6.45, 7) is 6.37. The number of fused-ring (bicyclic) bond motifs is 1. The lowest BCUT2D eigenvalue weighted by atomic mass is 9.86. The average Bonchev–Trinajstić information content (AvgIpc) is 2.72. The predicted octanol–water partition coefficient (Wildman–Crippen LogP) is 4.65. The van der Waals surface area contributed by atoms with E-state index >= 15 is 0 Å². The number of ether oxygens (including phenoxy) is 1. The molecule has 0 bridgehead atoms. The van der Waals surface area contributed by atoms with Gasteiger partial charge in [-0.3, -0.25) is 4.79 Å². The van der Waals surface area contributed by atoms with E-state index in [1.54, 1.807) is 12.1 Å². The quantitative estimate of drug-likeness (QED) is 0.646. The van der Waals surface area contributed by atoms with E-state index in [-0.39, 0.29) is 11.3 Å². The lowest BCUT2D eigenvalue weighted by molar-refractivity contribution is -0.142. The number of esters is 1. The summed E-state index contributed by atoms with van der Waals surface area (Å²) in [6, 6.07) is 20.8. The highest BCUT2D eigenvalue weighted by Crippen LogP contribution is 2.22. The van der Waals surface area contributed by atoms with Gasteiger partial charge in [0, 0.05) is 12.0 Å². The number of rotatable bonds is 5. The molecule has 3 rings (SSSR count). The van der Waals surface area contributed by atoms with Crippen LogP contribution in [0.4, 0.5) is 0 Å². The first kappa shape index (κ1) is 20.6. The van der Waals surface area contributed by atoms with Crippen molar-refractivity contribution in [2.45, 2.75) is 38.6 Å². The second-order valence-electron chi connectivity index (χ2n) is 8.26. The zero-order valence-corrected chi connectivity index (χ0v) is 17.4. The highest BCUT2D eigenvalue weighted by atomic mass is 16.5. The van der Waals surface area contributed by atoms with Crippen molar-refractivity contribution in [1.29, 1.82) is 0 Å². The highest BCUT2D eigenvalue weighted by molar-refractivity contribution is 5.97. The molecule has 150 valence electrons. The number of amides is 1. The molecule has 0 spiro atoms. The predicted molar refractivity (Wildman–Crippen MR) is 116 cm³/mol. The summed E-state index contributed by atoms with van der Waals surface area (Å²) in [7, 11) is 1.33. The minimum absolute atomic E-state index is 0.0135. The van der Waals surface area contributed by atoms with Gasteiger partial charge < -0.3 is 10.1 Å². The summed E-state index contributed by atoms with van der Waals surface area (Å²) in [4.78, 5) is 25.0. The second-order valence-corrected chi connectivity index (χ2v) is 8.26. The van der Waals surface area contributed by atoms with Crippen LogP contribution in [-0.2, 0) is 21.4 Å². The number of hydrogen-bond acceptors (Lipinski definition) is 3. The average molecular weight is 389 g/mol. The molecular formula is C25H27NO3. The highest BCUT2D eigenvalue weighted by Gasteiger charge is 2.23. The molecule has 0 aliphatic heterocycles. The molecule has 0 aliphatic carbocycles. The van der Waals surface area contributed by atoms with Gasteiger partial charge in [-0.05, 0) is 39.4 Å². The van der Waals surface area contributed by atoms with E-state index in [9.17, 15) is 9.59 Å². The van der Waals surface area contributed by atoms with E-state index in [4.69, 9.17) is 4.74 Å². The third-order valence-electron chi connectivity index (χ3n) is 5.06. The summed E-state index contributed by atoms with van der Waals surface area (Å²) >= 11 is 0. The van der Waals surface area contributed by atoms with Crippen LogP contribution < -0.4 is 5.32 Å². The summed E-state index contributed by atoms with van der Waals surface area (Å²) in [5.41, 5.74) is 2.64. The van der Waals surface area contributed by atoms with E-state index in [0.717, 1.165) is 21.9 Å². The maximum Gasteiger partial charge on any atom is 0.328 e. The van der Waals surface area contributed by atoms with E-state index < -0.39 is 12.0 Å². The first-order valence-electron chi connectivity index (χ1n) is 9.75. The summed E-state index contributed by atoms with van der Waals surface area (Å²) in [6.07, 6.45) is 0.364. The van der Waals surface area contributed by atoms with Gasteiger partial charge in [0.25, 0.3) is 5.91 Å². The Hall–Kier alpha value is -3.14. The Kier molecular flexibility index (Phi) is 6.02. The van der Waals surface area contributed by atoms with Gasteiger partial charge in [0.1, 0.15) is 6.04 Å². The standard InChI is InChI=1S/C25H27NO3/c1-25(2,3)21-13-11-19(12-14-21)23(27)26-22(24(28)29-4)16-17-9-10-18-7-5-6-8-20(18)15-17/h5-15,22H,16H2,1-4H3,(H,26,27)/t22-/m1/s1. The van der Waals surface area contributed by atoms with Crippen LogP contribution in [0, 0.1) is 0 Å². The second kappa shape index (κ2) is 8.48. The van der Waals surface area contributed by atoms with Gasteiger partial charge >= 0.3 is 5.97 Å². The molecule has 1 amide bonds. The number of benzene rings is 3. The van der Waals surface area contributed by atoms with E-state index in [0.29, 0.717) is 12.0 Å². The fourth-order valence-electron chi connectivity index (χ4n) is 3.30. The first-order valence-corrected chi connectivity index (χ1v) is 9.75. The van der Waals surface area contributed by atoms with Crippen LogP contribution in [0.25, 0.3) is 10.8 Å². The molecule has 0 aromatic heterocycles. The topological polar surface area (TPSA) is 55.4 Å². The molecule has 0 fully saturated rings. The Morgan fingerprint density at radius 1 is 0.931 bits per heavy atom. The maximum absolute atomic E-state index is 12.7. The van der Waals surface area contributed by atoms with Crippen LogP contribution in [0.5, 0.6) is 0 Å². The van der Waals surface area contributed by atoms with Crippen molar-refractivity contribution in [3.8, 4) is 0 Å². The zero-order valence-electron chi connectivity index (χ0n) is 17.4. The molecule has 1 atom stereocenters. The van der Waals surface area contributed by atoms with Crippen molar-refractivity contribution in [3.63, 3.8) is 0 Å². The number of nitrogens with one attached hydrogen (secondary N) is 1. The Morgan fingerprint density at radius 3 is 2.21 bits per heavy atom. The van der Waals surface area contributed by atoms with Crippen LogP contribution in [0.1, 0.15) is 42.3 Å². The van der Waals surface area contributed by atoms with Crippen molar-refractivity contribution in [2.24, 2.45) is 0 Å². The van der Waals surface area contributed by atoms with Crippen LogP contribution in [-0.4, -0.2) is 25.0 Å². The van der Waals surface area contributed by atoms with Gasteiger partial charge in [0.05, 0.1) is 7.11 Å². The van der Waals surface area contributed by atoms with Crippen LogP contribution in [0.3, 0.4) is 0 Å². The fraction of sp³-hybridized carbons (Fsp3) is 0.280. The summed E-state index contributed by atoms with van der Waals surface area (Å²) in [5, 5.41) is 5.05. The first-order chi connectivity index (χ1) is 13.8. The lowest BCUT2D eigenvalue weighted by Gasteiger charge is -2.20. The third kappa shape index (κ3) is 5.02. The van der Waals surface area contributed by atoms with Crippen molar-refractivity contribution in [3.05, 3.63) is 83.4 Å². The molecular weight excluding hydrogens is 362 g/mol.